The zero-order valence-electron chi connectivity index (χ0n) is 15.9. The molecule has 1 heterocycles. The van der Waals surface area contributed by atoms with Crippen LogP contribution in [0.15, 0.2) is 34.9 Å². The Kier molecular flexibility index (Phi) is 7.27. The lowest BCUT2D eigenvalue weighted by atomic mass is 9.73. The summed E-state index contributed by atoms with van der Waals surface area (Å²) in [5, 5.41) is 11.0. The van der Waals surface area contributed by atoms with Crippen LogP contribution in [0.5, 0.6) is 0 Å². The summed E-state index contributed by atoms with van der Waals surface area (Å²) in [6.45, 7) is 9.34. The molecule has 0 bridgehead atoms. The molecule has 24 heavy (non-hydrogen) atoms. The van der Waals surface area contributed by atoms with Crippen molar-refractivity contribution in [1.29, 1.82) is 0 Å². The summed E-state index contributed by atoms with van der Waals surface area (Å²) in [6.07, 6.45) is 10.0. The highest BCUT2D eigenvalue weighted by atomic mass is 16.7. The first kappa shape index (κ1) is 19.4. The van der Waals surface area contributed by atoms with Gasteiger partial charge >= 0.3 is 0 Å². The molecule has 0 aromatic heterocycles. The van der Waals surface area contributed by atoms with Crippen LogP contribution in [0.4, 0.5) is 0 Å². The molecule has 5 atom stereocenters. The highest BCUT2D eigenvalue weighted by Gasteiger charge is 2.41. The summed E-state index contributed by atoms with van der Waals surface area (Å²) in [5.41, 5.74) is 3.86. The van der Waals surface area contributed by atoms with Gasteiger partial charge in [0.25, 0.3) is 0 Å². The third-order valence-electron chi connectivity index (χ3n) is 5.43. The van der Waals surface area contributed by atoms with E-state index in [1.165, 1.54) is 16.7 Å². The maximum Gasteiger partial charge on any atom is 0.179 e. The minimum atomic E-state index is -0.325. The van der Waals surface area contributed by atoms with Crippen molar-refractivity contribution in [2.24, 2.45) is 17.8 Å². The molecule has 0 aromatic carbocycles. The lowest BCUT2D eigenvalue weighted by Gasteiger charge is -2.33. The van der Waals surface area contributed by atoms with Gasteiger partial charge in [-0.3, -0.25) is 0 Å². The molecule has 0 aromatic rings. The predicted octanol–water partition coefficient (Wildman–Crippen LogP) is 4.63. The molecular formula is C21H34O3. The molecule has 3 nitrogen and oxygen atoms in total. The average Bonchev–Trinajstić information content (AvgIpc) is 2.90. The van der Waals surface area contributed by atoms with Crippen LogP contribution in [0.2, 0.25) is 0 Å². The molecular weight excluding hydrogens is 300 g/mol. The number of rotatable bonds is 5. The molecule has 2 aliphatic rings. The third-order valence-corrected chi connectivity index (χ3v) is 5.43. The lowest BCUT2D eigenvalue weighted by Crippen LogP contribution is -2.35. The maximum absolute atomic E-state index is 11.0. The van der Waals surface area contributed by atoms with E-state index < -0.39 is 0 Å². The fraction of sp³-hybridized carbons (Fsp3) is 0.714. The van der Waals surface area contributed by atoms with Crippen LogP contribution < -0.4 is 0 Å². The van der Waals surface area contributed by atoms with Gasteiger partial charge in [-0.1, -0.05) is 36.3 Å². The smallest absolute Gasteiger partial charge is 0.179 e. The first-order valence-electron chi connectivity index (χ1n) is 9.25. The molecule has 1 N–H and O–H groups in total. The molecule has 0 amide bonds. The molecule has 2 rings (SSSR count). The Morgan fingerprint density at radius 2 is 2.17 bits per heavy atom. The number of aliphatic hydroxyl groups excluding tert-OH is 1. The standard InChI is InChI=1S/C21H34O3/c1-14(2)8-6-10-16(4)20-18-13-24-21(23-5)17(18)11-7-9-15(3)12-19(20)22/h8-9,11,16,18-22H,6-7,10,12-13H2,1-5H3/b15-9+,17-11?/t16-,18-,19-,20+,21-/m1/s1. The van der Waals surface area contributed by atoms with Crippen molar-refractivity contribution in [3.8, 4) is 0 Å². The molecule has 3 heteroatoms. The first-order valence-corrected chi connectivity index (χ1v) is 9.25. The Bertz CT molecular complexity index is 499. The fourth-order valence-corrected chi connectivity index (χ4v) is 4.16. The number of methoxy groups -OCH3 is 1. The quantitative estimate of drug-likeness (QED) is 0.745. The molecule has 1 aliphatic carbocycles. The fourth-order valence-electron chi connectivity index (χ4n) is 4.16. The minimum absolute atomic E-state index is 0.211. The lowest BCUT2D eigenvalue weighted by molar-refractivity contribution is -0.0727. The Balaban J connectivity index is 2.23. The molecule has 0 unspecified atom stereocenters. The van der Waals surface area contributed by atoms with E-state index in [-0.39, 0.29) is 24.2 Å². The van der Waals surface area contributed by atoms with Crippen LogP contribution in [0.1, 0.15) is 53.4 Å². The van der Waals surface area contributed by atoms with Crippen molar-refractivity contribution in [2.45, 2.75) is 65.8 Å². The van der Waals surface area contributed by atoms with Crippen molar-refractivity contribution < 1.29 is 14.6 Å². The number of fused-ring (bicyclic) bond motifs is 1. The van der Waals surface area contributed by atoms with Gasteiger partial charge < -0.3 is 14.6 Å². The highest BCUT2D eigenvalue weighted by molar-refractivity contribution is 5.20. The van der Waals surface area contributed by atoms with Crippen LogP contribution >= 0.6 is 0 Å². The third kappa shape index (κ3) is 4.81. The normalized spacial score (nSPS) is 34.1. The van der Waals surface area contributed by atoms with Crippen LogP contribution in [0.25, 0.3) is 0 Å². The van der Waals surface area contributed by atoms with Gasteiger partial charge in [-0.25, -0.2) is 0 Å². The van der Waals surface area contributed by atoms with E-state index in [1.54, 1.807) is 7.11 Å². The highest BCUT2D eigenvalue weighted by Crippen LogP contribution is 2.41. The summed E-state index contributed by atoms with van der Waals surface area (Å²) in [7, 11) is 1.70. The summed E-state index contributed by atoms with van der Waals surface area (Å²) in [4.78, 5) is 0. The number of allylic oxidation sites excluding steroid dienone is 4. The van der Waals surface area contributed by atoms with Crippen molar-refractivity contribution >= 4 is 0 Å². The van der Waals surface area contributed by atoms with Crippen molar-refractivity contribution in [3.63, 3.8) is 0 Å². The van der Waals surface area contributed by atoms with E-state index in [4.69, 9.17) is 9.47 Å². The molecule has 0 saturated carbocycles. The average molecular weight is 335 g/mol. The molecule has 1 fully saturated rings. The zero-order chi connectivity index (χ0) is 17.7. The van der Waals surface area contributed by atoms with Crippen LogP contribution in [-0.4, -0.2) is 31.2 Å². The van der Waals surface area contributed by atoms with E-state index in [9.17, 15) is 5.11 Å². The van der Waals surface area contributed by atoms with E-state index >= 15 is 0 Å². The van der Waals surface area contributed by atoms with Crippen LogP contribution in [0.3, 0.4) is 0 Å². The van der Waals surface area contributed by atoms with E-state index in [1.807, 2.05) is 0 Å². The SMILES string of the molecule is CO[C@@H]1OC[C@@H]2C1=CC/C=C(\C)C[C@@H](O)[C@H]2[C@H](C)CCC=C(C)C. The predicted molar refractivity (Wildman–Crippen MR) is 98.6 cm³/mol. The summed E-state index contributed by atoms with van der Waals surface area (Å²) in [5.74, 6) is 0.906. The number of aliphatic hydroxyl groups is 1. The molecule has 1 aliphatic heterocycles. The van der Waals surface area contributed by atoms with Gasteiger partial charge in [-0.05, 0) is 63.9 Å². The topological polar surface area (TPSA) is 38.7 Å². The van der Waals surface area contributed by atoms with Gasteiger partial charge in [0.2, 0.25) is 0 Å². The Hall–Kier alpha value is -0.900. The Labute approximate surface area is 147 Å². The zero-order valence-corrected chi connectivity index (χ0v) is 15.9. The first-order chi connectivity index (χ1) is 11.4. The summed E-state index contributed by atoms with van der Waals surface area (Å²) in [6, 6.07) is 0. The Morgan fingerprint density at radius 1 is 1.42 bits per heavy atom. The van der Waals surface area contributed by atoms with Crippen molar-refractivity contribution in [2.75, 3.05) is 13.7 Å². The van der Waals surface area contributed by atoms with Gasteiger partial charge in [-0.2, -0.15) is 0 Å². The van der Waals surface area contributed by atoms with Gasteiger partial charge in [-0.15, -0.1) is 0 Å². The van der Waals surface area contributed by atoms with E-state index in [0.29, 0.717) is 12.5 Å². The second kappa shape index (κ2) is 8.98. The molecule has 0 spiro atoms. The maximum atomic E-state index is 11.0. The van der Waals surface area contributed by atoms with Crippen molar-refractivity contribution in [1.82, 2.24) is 0 Å². The Morgan fingerprint density at radius 3 is 2.83 bits per heavy atom. The van der Waals surface area contributed by atoms with Crippen LogP contribution in [-0.2, 0) is 9.47 Å². The van der Waals surface area contributed by atoms with Crippen molar-refractivity contribution in [3.05, 3.63) is 34.9 Å². The summed E-state index contributed by atoms with van der Waals surface area (Å²) < 4.78 is 11.4. The van der Waals surface area contributed by atoms with Gasteiger partial charge in [0.15, 0.2) is 6.29 Å². The van der Waals surface area contributed by atoms with E-state index in [0.717, 1.165) is 25.7 Å². The largest absolute Gasteiger partial charge is 0.392 e. The van der Waals surface area contributed by atoms with Gasteiger partial charge in [0.1, 0.15) is 0 Å². The van der Waals surface area contributed by atoms with E-state index in [2.05, 4.69) is 45.9 Å². The number of hydrogen-bond acceptors (Lipinski definition) is 3. The molecule has 1 saturated heterocycles. The van der Waals surface area contributed by atoms with Crippen LogP contribution in [0, 0.1) is 17.8 Å². The minimum Gasteiger partial charge on any atom is -0.392 e. The molecule has 0 radical (unpaired) electrons. The monoisotopic (exact) mass is 334 g/mol. The second-order valence-corrected chi connectivity index (χ2v) is 7.68. The number of hydrogen-bond donors (Lipinski definition) is 1. The number of ether oxygens (including phenoxy) is 2. The van der Waals surface area contributed by atoms with Gasteiger partial charge in [0, 0.05) is 13.0 Å². The van der Waals surface area contributed by atoms with Gasteiger partial charge in [0.05, 0.1) is 12.7 Å². The molecule has 136 valence electrons. The summed E-state index contributed by atoms with van der Waals surface area (Å²) >= 11 is 0. The second-order valence-electron chi connectivity index (χ2n) is 7.68.